The number of hydrazone groups is 1. The molecule has 1 amide bonds. The normalized spacial score (nSPS) is 11.0. The molecule has 2 aromatic rings. The zero-order chi connectivity index (χ0) is 15.2. The number of anilines is 1. The molecule has 0 aliphatic heterocycles. The second-order valence-electron chi connectivity index (χ2n) is 4.46. The fraction of sp³-hybridized carbons (Fsp3) is 0.125. The number of nitrogens with two attached hydrogens (primary N) is 1. The monoisotopic (exact) mass is 283 g/mol. The zero-order valence-corrected chi connectivity index (χ0v) is 12.0. The number of nitrogens with one attached hydrogen (secondary N) is 1. The highest BCUT2D eigenvalue weighted by Crippen LogP contribution is 2.17. The Bertz CT molecular complexity index is 663. The van der Waals surface area contributed by atoms with Gasteiger partial charge in [-0.2, -0.15) is 5.10 Å². The first-order valence-electron chi connectivity index (χ1n) is 6.45. The van der Waals surface area contributed by atoms with Crippen LogP contribution in [0.15, 0.2) is 53.6 Å². The van der Waals surface area contributed by atoms with Crippen LogP contribution in [0.3, 0.4) is 0 Å². The number of carbonyl (C=O) groups is 1. The summed E-state index contributed by atoms with van der Waals surface area (Å²) in [5, 5.41) is 4.11. The molecule has 0 heterocycles. The summed E-state index contributed by atoms with van der Waals surface area (Å²) >= 11 is 0. The van der Waals surface area contributed by atoms with E-state index < -0.39 is 0 Å². The van der Waals surface area contributed by atoms with E-state index in [4.69, 9.17) is 10.5 Å². The van der Waals surface area contributed by atoms with Crippen LogP contribution in [0.4, 0.5) is 5.69 Å². The second kappa shape index (κ2) is 6.56. The molecule has 5 heteroatoms. The number of methoxy groups -OCH3 is 1. The van der Waals surface area contributed by atoms with Crippen molar-refractivity contribution in [2.45, 2.75) is 6.92 Å². The molecular formula is C16H17N3O2. The maximum Gasteiger partial charge on any atom is 0.271 e. The number of hydrogen-bond donors (Lipinski definition) is 2. The number of rotatable bonds is 4. The van der Waals surface area contributed by atoms with Crippen LogP contribution in [0, 0.1) is 0 Å². The van der Waals surface area contributed by atoms with Gasteiger partial charge in [0.05, 0.1) is 12.8 Å². The van der Waals surface area contributed by atoms with Crippen LogP contribution in [0.25, 0.3) is 0 Å². The van der Waals surface area contributed by atoms with E-state index in [1.807, 2.05) is 24.3 Å². The third-order valence-electron chi connectivity index (χ3n) is 2.99. The van der Waals surface area contributed by atoms with Crippen LogP contribution < -0.4 is 15.9 Å². The molecule has 0 aliphatic carbocycles. The van der Waals surface area contributed by atoms with Gasteiger partial charge in [-0.3, -0.25) is 4.79 Å². The van der Waals surface area contributed by atoms with Gasteiger partial charge in [-0.05, 0) is 43.3 Å². The zero-order valence-electron chi connectivity index (χ0n) is 12.0. The van der Waals surface area contributed by atoms with Crippen LogP contribution in [0.2, 0.25) is 0 Å². The molecule has 21 heavy (non-hydrogen) atoms. The molecule has 108 valence electrons. The van der Waals surface area contributed by atoms with Crippen molar-refractivity contribution in [2.75, 3.05) is 12.8 Å². The Morgan fingerprint density at radius 3 is 2.48 bits per heavy atom. The van der Waals surface area contributed by atoms with Gasteiger partial charge in [-0.1, -0.05) is 12.1 Å². The average Bonchev–Trinajstić information content (AvgIpc) is 2.52. The summed E-state index contributed by atoms with van der Waals surface area (Å²) in [5.74, 6) is 0.421. The number of para-hydroxylation sites is 1. The molecule has 0 radical (unpaired) electrons. The van der Waals surface area contributed by atoms with Crippen LogP contribution >= 0.6 is 0 Å². The Labute approximate surface area is 123 Å². The summed E-state index contributed by atoms with van der Waals surface area (Å²) in [4.78, 5) is 12.0. The summed E-state index contributed by atoms with van der Waals surface area (Å²) in [6.07, 6.45) is 0. The van der Waals surface area contributed by atoms with E-state index in [2.05, 4.69) is 10.5 Å². The summed E-state index contributed by atoms with van der Waals surface area (Å²) in [7, 11) is 1.60. The molecule has 0 atom stereocenters. The Hall–Kier alpha value is -2.82. The van der Waals surface area contributed by atoms with Crippen LogP contribution in [0.5, 0.6) is 5.75 Å². The molecule has 3 N–H and O–H groups in total. The third-order valence-corrected chi connectivity index (χ3v) is 2.99. The third kappa shape index (κ3) is 3.60. The lowest BCUT2D eigenvalue weighted by molar-refractivity contribution is 0.0955. The van der Waals surface area contributed by atoms with Gasteiger partial charge in [0.1, 0.15) is 5.75 Å². The fourth-order valence-electron chi connectivity index (χ4n) is 1.84. The number of hydrogen-bond acceptors (Lipinski definition) is 4. The van der Waals surface area contributed by atoms with Crippen LogP contribution in [-0.2, 0) is 0 Å². The van der Waals surface area contributed by atoms with Gasteiger partial charge in [0.2, 0.25) is 0 Å². The van der Waals surface area contributed by atoms with Gasteiger partial charge >= 0.3 is 0 Å². The predicted octanol–water partition coefficient (Wildman–Crippen LogP) is 2.43. The molecule has 5 nitrogen and oxygen atoms in total. The molecule has 0 fully saturated rings. The molecule has 0 aliphatic rings. The van der Waals surface area contributed by atoms with Crippen molar-refractivity contribution in [1.29, 1.82) is 0 Å². The molecule has 2 aromatic carbocycles. The largest absolute Gasteiger partial charge is 0.496 e. The first-order chi connectivity index (χ1) is 10.1. The van der Waals surface area contributed by atoms with Crippen molar-refractivity contribution in [3.8, 4) is 5.75 Å². The quantitative estimate of drug-likeness (QED) is 0.514. The van der Waals surface area contributed by atoms with Crippen molar-refractivity contribution in [2.24, 2.45) is 5.10 Å². The van der Waals surface area contributed by atoms with Crippen LogP contribution in [-0.4, -0.2) is 18.7 Å². The van der Waals surface area contributed by atoms with E-state index in [1.165, 1.54) is 0 Å². The van der Waals surface area contributed by atoms with E-state index in [-0.39, 0.29) is 5.91 Å². The Morgan fingerprint density at radius 1 is 1.14 bits per heavy atom. The van der Waals surface area contributed by atoms with Crippen molar-refractivity contribution in [1.82, 2.24) is 5.43 Å². The van der Waals surface area contributed by atoms with E-state index in [0.29, 0.717) is 22.7 Å². The van der Waals surface area contributed by atoms with Gasteiger partial charge in [0.25, 0.3) is 5.91 Å². The van der Waals surface area contributed by atoms with E-state index >= 15 is 0 Å². The first kappa shape index (κ1) is 14.6. The standard InChI is InChI=1S/C16H17N3O2/c1-11(14-5-3-4-6-15(14)21-2)18-19-16(20)12-7-9-13(17)10-8-12/h3-10H,17H2,1-2H3,(H,19,20)/b18-11+. The molecule has 2 rings (SSSR count). The highest BCUT2D eigenvalue weighted by atomic mass is 16.5. The van der Waals surface area contributed by atoms with Gasteiger partial charge in [-0.15, -0.1) is 0 Å². The average molecular weight is 283 g/mol. The molecule has 0 saturated carbocycles. The molecule has 0 bridgehead atoms. The number of nitrogens with zero attached hydrogens (tertiary/aromatic N) is 1. The summed E-state index contributed by atoms with van der Waals surface area (Å²) in [6.45, 7) is 1.81. The minimum atomic E-state index is -0.288. The molecule has 0 unspecified atom stereocenters. The number of benzene rings is 2. The first-order valence-corrected chi connectivity index (χ1v) is 6.45. The van der Waals surface area contributed by atoms with E-state index in [1.54, 1.807) is 38.3 Å². The van der Waals surface area contributed by atoms with Crippen molar-refractivity contribution >= 4 is 17.3 Å². The number of ether oxygens (including phenoxy) is 1. The van der Waals surface area contributed by atoms with Crippen LogP contribution in [0.1, 0.15) is 22.8 Å². The summed E-state index contributed by atoms with van der Waals surface area (Å²) < 4.78 is 5.26. The number of carbonyl (C=O) groups excluding carboxylic acids is 1. The minimum Gasteiger partial charge on any atom is -0.496 e. The Kier molecular flexibility index (Phi) is 4.56. The van der Waals surface area contributed by atoms with Crippen molar-refractivity contribution in [3.63, 3.8) is 0 Å². The Morgan fingerprint density at radius 2 is 1.81 bits per heavy atom. The summed E-state index contributed by atoms with van der Waals surface area (Å²) in [6, 6.07) is 14.1. The minimum absolute atomic E-state index is 0.288. The number of nitrogen functional groups attached to an aromatic ring is 1. The van der Waals surface area contributed by atoms with Crippen molar-refractivity contribution in [3.05, 3.63) is 59.7 Å². The smallest absolute Gasteiger partial charge is 0.271 e. The highest BCUT2D eigenvalue weighted by Gasteiger charge is 2.07. The lowest BCUT2D eigenvalue weighted by Crippen LogP contribution is -2.19. The number of amides is 1. The Balaban J connectivity index is 2.13. The van der Waals surface area contributed by atoms with Gasteiger partial charge in [0.15, 0.2) is 0 Å². The molecule has 0 saturated heterocycles. The molecule has 0 aromatic heterocycles. The fourth-order valence-corrected chi connectivity index (χ4v) is 1.84. The SMILES string of the molecule is COc1ccccc1/C(C)=N/NC(=O)c1ccc(N)cc1. The lowest BCUT2D eigenvalue weighted by atomic mass is 10.1. The molecule has 0 spiro atoms. The van der Waals surface area contributed by atoms with Crippen molar-refractivity contribution < 1.29 is 9.53 Å². The second-order valence-corrected chi connectivity index (χ2v) is 4.46. The lowest BCUT2D eigenvalue weighted by Gasteiger charge is -2.08. The maximum atomic E-state index is 12.0. The topological polar surface area (TPSA) is 76.7 Å². The predicted molar refractivity (Wildman–Crippen MR) is 83.5 cm³/mol. The molecular weight excluding hydrogens is 266 g/mol. The van der Waals surface area contributed by atoms with E-state index in [9.17, 15) is 4.79 Å². The summed E-state index contributed by atoms with van der Waals surface area (Å²) in [5.41, 5.74) is 10.7. The van der Waals surface area contributed by atoms with Gasteiger partial charge < -0.3 is 10.5 Å². The van der Waals surface area contributed by atoms with Gasteiger partial charge in [0, 0.05) is 16.8 Å². The highest BCUT2D eigenvalue weighted by molar-refractivity contribution is 6.02. The van der Waals surface area contributed by atoms with E-state index in [0.717, 1.165) is 5.56 Å². The maximum absolute atomic E-state index is 12.0. The van der Waals surface area contributed by atoms with Gasteiger partial charge in [-0.25, -0.2) is 5.43 Å².